The molecule has 0 aliphatic carbocycles. The van der Waals surface area contributed by atoms with Crippen LogP contribution in [0.3, 0.4) is 0 Å². The van der Waals surface area contributed by atoms with Gasteiger partial charge in [-0.2, -0.15) is 0 Å². The summed E-state index contributed by atoms with van der Waals surface area (Å²) < 4.78 is 0. The molecule has 0 aromatic heterocycles. The van der Waals surface area contributed by atoms with E-state index < -0.39 is 0 Å². The van der Waals surface area contributed by atoms with Crippen molar-refractivity contribution in [3.05, 3.63) is 0 Å². The fourth-order valence-electron chi connectivity index (χ4n) is 1.10. The Bertz CT molecular complexity index is 142. The molecule has 0 amide bonds. The Labute approximate surface area is 73.7 Å². The van der Waals surface area contributed by atoms with E-state index in [1.807, 2.05) is 11.8 Å². The summed E-state index contributed by atoms with van der Waals surface area (Å²) in [6.07, 6.45) is 3.85. The molecule has 11 heavy (non-hydrogen) atoms. The van der Waals surface area contributed by atoms with Crippen LogP contribution in [-0.2, 0) is 0 Å². The summed E-state index contributed by atoms with van der Waals surface area (Å²) in [5.41, 5.74) is 0. The van der Waals surface area contributed by atoms with Crippen molar-refractivity contribution in [2.75, 3.05) is 12.3 Å². The minimum atomic E-state index is 0.874. The van der Waals surface area contributed by atoms with Gasteiger partial charge in [-0.05, 0) is 18.8 Å². The van der Waals surface area contributed by atoms with Crippen molar-refractivity contribution in [3.8, 4) is 0 Å². The van der Waals surface area contributed by atoms with Crippen LogP contribution in [0.4, 0.5) is 0 Å². The Morgan fingerprint density at radius 3 is 3.00 bits per heavy atom. The van der Waals surface area contributed by atoms with Crippen LogP contribution >= 0.6 is 11.8 Å². The Morgan fingerprint density at radius 2 is 2.45 bits per heavy atom. The van der Waals surface area contributed by atoms with Gasteiger partial charge in [-0.25, -0.2) is 0 Å². The second kappa shape index (κ2) is 4.81. The second-order valence-electron chi connectivity index (χ2n) is 3.18. The highest BCUT2D eigenvalue weighted by atomic mass is 32.2. The van der Waals surface area contributed by atoms with E-state index in [9.17, 15) is 0 Å². The number of nitrogens with zero attached hydrogens (tertiary/aromatic N) is 1. The molecule has 1 rings (SSSR count). The second-order valence-corrected chi connectivity index (χ2v) is 4.34. The van der Waals surface area contributed by atoms with E-state index >= 15 is 0 Å². The van der Waals surface area contributed by atoms with E-state index in [-0.39, 0.29) is 0 Å². The minimum absolute atomic E-state index is 0.874. The summed E-state index contributed by atoms with van der Waals surface area (Å²) >= 11 is 1.94. The van der Waals surface area contributed by atoms with Crippen LogP contribution in [0.15, 0.2) is 4.99 Å². The monoisotopic (exact) mass is 171 g/mol. The SMILES string of the molecule is CCC(C)CCC1=NCCS1. The number of hydrogen-bond acceptors (Lipinski definition) is 2. The zero-order valence-corrected chi connectivity index (χ0v) is 8.28. The van der Waals surface area contributed by atoms with Gasteiger partial charge in [0.05, 0.1) is 5.04 Å². The molecule has 1 unspecified atom stereocenters. The third-order valence-corrected chi connectivity index (χ3v) is 3.25. The summed E-state index contributed by atoms with van der Waals surface area (Å²) in [5, 5.41) is 1.39. The quantitative estimate of drug-likeness (QED) is 0.633. The highest BCUT2D eigenvalue weighted by Gasteiger charge is 2.07. The summed E-state index contributed by atoms with van der Waals surface area (Å²) in [7, 11) is 0. The van der Waals surface area contributed by atoms with Gasteiger partial charge >= 0.3 is 0 Å². The Morgan fingerprint density at radius 1 is 1.64 bits per heavy atom. The molecule has 0 aromatic rings. The average molecular weight is 171 g/mol. The predicted octanol–water partition coefficient (Wildman–Crippen LogP) is 2.96. The highest BCUT2D eigenvalue weighted by molar-refractivity contribution is 8.14. The fourth-order valence-corrected chi connectivity index (χ4v) is 1.97. The van der Waals surface area contributed by atoms with Gasteiger partial charge < -0.3 is 0 Å². The number of rotatable bonds is 4. The largest absolute Gasteiger partial charge is 0.282 e. The molecule has 1 nitrogen and oxygen atoms in total. The zero-order chi connectivity index (χ0) is 8.10. The lowest BCUT2D eigenvalue weighted by Crippen LogP contribution is -1.96. The van der Waals surface area contributed by atoms with Gasteiger partial charge in [0.1, 0.15) is 0 Å². The Hall–Kier alpha value is 0.0200. The summed E-state index contributed by atoms with van der Waals surface area (Å²) in [6.45, 7) is 5.63. The first-order valence-electron chi connectivity index (χ1n) is 4.49. The minimum Gasteiger partial charge on any atom is -0.282 e. The lowest BCUT2D eigenvalue weighted by atomic mass is 10.0. The normalized spacial score (nSPS) is 20.0. The van der Waals surface area contributed by atoms with Crippen molar-refractivity contribution in [1.29, 1.82) is 0 Å². The molecule has 1 aliphatic rings. The summed E-state index contributed by atoms with van der Waals surface area (Å²) in [5.74, 6) is 2.09. The number of aliphatic imine (C=N–C) groups is 1. The van der Waals surface area contributed by atoms with E-state index in [4.69, 9.17) is 0 Å². The van der Waals surface area contributed by atoms with Crippen LogP contribution < -0.4 is 0 Å². The molecule has 1 heterocycles. The standard InChI is InChI=1S/C9H17NS/c1-3-8(2)4-5-9-10-6-7-11-9/h8H,3-7H2,1-2H3. The van der Waals surface area contributed by atoms with Crippen LogP contribution in [0.1, 0.15) is 33.1 Å². The lowest BCUT2D eigenvalue weighted by Gasteiger charge is -2.06. The fraction of sp³-hybridized carbons (Fsp3) is 0.889. The van der Waals surface area contributed by atoms with Crippen LogP contribution in [0.5, 0.6) is 0 Å². The molecule has 64 valence electrons. The third kappa shape index (κ3) is 3.28. The van der Waals surface area contributed by atoms with Crippen molar-refractivity contribution >= 4 is 16.8 Å². The van der Waals surface area contributed by atoms with Crippen LogP contribution in [-0.4, -0.2) is 17.3 Å². The van der Waals surface area contributed by atoms with Gasteiger partial charge in [-0.15, -0.1) is 11.8 Å². The Kier molecular flexibility index (Phi) is 3.98. The van der Waals surface area contributed by atoms with Crippen LogP contribution in [0.25, 0.3) is 0 Å². The Balaban J connectivity index is 2.11. The van der Waals surface area contributed by atoms with Crippen molar-refractivity contribution in [1.82, 2.24) is 0 Å². The first kappa shape index (κ1) is 9.11. The van der Waals surface area contributed by atoms with E-state index in [1.165, 1.54) is 30.1 Å². The zero-order valence-electron chi connectivity index (χ0n) is 7.47. The molecule has 0 aromatic carbocycles. The lowest BCUT2D eigenvalue weighted by molar-refractivity contribution is 0.529. The average Bonchev–Trinajstić information content (AvgIpc) is 2.52. The maximum Gasteiger partial charge on any atom is 0.0677 e. The summed E-state index contributed by atoms with van der Waals surface area (Å²) in [6, 6.07) is 0. The van der Waals surface area contributed by atoms with E-state index in [1.54, 1.807) is 0 Å². The predicted molar refractivity (Wildman–Crippen MR) is 53.4 cm³/mol. The van der Waals surface area contributed by atoms with Crippen molar-refractivity contribution in [3.63, 3.8) is 0 Å². The highest BCUT2D eigenvalue weighted by Crippen LogP contribution is 2.19. The molecular formula is C9H17NS. The summed E-state index contributed by atoms with van der Waals surface area (Å²) in [4.78, 5) is 4.42. The van der Waals surface area contributed by atoms with Crippen molar-refractivity contribution in [2.45, 2.75) is 33.1 Å². The molecule has 0 fully saturated rings. The molecule has 2 heteroatoms. The molecule has 0 radical (unpaired) electrons. The van der Waals surface area contributed by atoms with E-state index in [2.05, 4.69) is 18.8 Å². The van der Waals surface area contributed by atoms with Crippen LogP contribution in [0, 0.1) is 5.92 Å². The van der Waals surface area contributed by atoms with Crippen LogP contribution in [0.2, 0.25) is 0 Å². The van der Waals surface area contributed by atoms with Gasteiger partial charge in [0.25, 0.3) is 0 Å². The van der Waals surface area contributed by atoms with Gasteiger partial charge in [-0.3, -0.25) is 4.99 Å². The molecule has 0 saturated carbocycles. The maximum atomic E-state index is 4.42. The molecular weight excluding hydrogens is 154 g/mol. The molecule has 0 bridgehead atoms. The van der Waals surface area contributed by atoms with Gasteiger partial charge in [-0.1, -0.05) is 20.3 Å². The molecule has 0 spiro atoms. The first-order valence-corrected chi connectivity index (χ1v) is 5.47. The molecule has 1 atom stereocenters. The third-order valence-electron chi connectivity index (χ3n) is 2.20. The first-order chi connectivity index (χ1) is 5.33. The van der Waals surface area contributed by atoms with Gasteiger partial charge in [0, 0.05) is 12.3 Å². The smallest absolute Gasteiger partial charge is 0.0677 e. The molecule has 0 saturated heterocycles. The van der Waals surface area contributed by atoms with E-state index in [0.717, 1.165) is 12.5 Å². The molecule has 0 N–H and O–H groups in total. The topological polar surface area (TPSA) is 12.4 Å². The van der Waals surface area contributed by atoms with E-state index in [0.29, 0.717) is 0 Å². The van der Waals surface area contributed by atoms with Gasteiger partial charge in [0.15, 0.2) is 0 Å². The molecule has 1 aliphatic heterocycles. The number of thioether (sulfide) groups is 1. The maximum absolute atomic E-state index is 4.42. The van der Waals surface area contributed by atoms with Crippen molar-refractivity contribution in [2.24, 2.45) is 10.9 Å². The van der Waals surface area contributed by atoms with Gasteiger partial charge in [0.2, 0.25) is 0 Å². The number of hydrogen-bond donors (Lipinski definition) is 0. The van der Waals surface area contributed by atoms with Crippen molar-refractivity contribution < 1.29 is 0 Å².